The summed E-state index contributed by atoms with van der Waals surface area (Å²) < 4.78 is 17.0. The molecule has 1 aliphatic rings. The summed E-state index contributed by atoms with van der Waals surface area (Å²) in [6, 6.07) is 6.05. The molecule has 2 heterocycles. The van der Waals surface area contributed by atoms with E-state index in [1.165, 1.54) is 11.3 Å². The zero-order valence-electron chi connectivity index (χ0n) is 17.7. The number of nitrogens with one attached hydrogen (secondary N) is 1. The van der Waals surface area contributed by atoms with Crippen molar-refractivity contribution in [2.45, 2.75) is 58.2 Å². The molecule has 3 rings (SSSR count). The highest BCUT2D eigenvalue weighted by Gasteiger charge is 2.25. The van der Waals surface area contributed by atoms with Gasteiger partial charge in [0.2, 0.25) is 0 Å². The fourth-order valence-corrected chi connectivity index (χ4v) is 3.90. The normalized spacial score (nSPS) is 17.3. The maximum atomic E-state index is 5.92. The van der Waals surface area contributed by atoms with Gasteiger partial charge < -0.3 is 14.2 Å². The molecule has 1 N–H and O–H groups in total. The van der Waals surface area contributed by atoms with E-state index in [0.29, 0.717) is 0 Å². The first kappa shape index (κ1) is 20.7. The molecule has 1 unspecified atom stereocenters. The molecular formula is C22H33N3O3. The highest BCUT2D eigenvalue weighted by Crippen LogP contribution is 2.32. The Bertz CT molecular complexity index is 761. The molecule has 1 fully saturated rings. The van der Waals surface area contributed by atoms with Crippen molar-refractivity contribution in [1.29, 1.82) is 0 Å². The van der Waals surface area contributed by atoms with Crippen LogP contribution in [0.3, 0.4) is 0 Å². The lowest BCUT2D eigenvalue weighted by Gasteiger charge is -2.27. The van der Waals surface area contributed by atoms with Crippen LogP contribution in [0.1, 0.15) is 50.4 Å². The molecule has 1 aromatic heterocycles. The van der Waals surface area contributed by atoms with Crippen molar-refractivity contribution < 1.29 is 14.2 Å². The Morgan fingerprint density at radius 1 is 1.18 bits per heavy atom. The van der Waals surface area contributed by atoms with E-state index in [1.54, 1.807) is 14.2 Å². The van der Waals surface area contributed by atoms with Crippen molar-refractivity contribution in [1.82, 2.24) is 15.1 Å². The predicted octanol–water partition coefficient (Wildman–Crippen LogP) is 3.91. The van der Waals surface area contributed by atoms with E-state index in [2.05, 4.69) is 41.9 Å². The lowest BCUT2D eigenvalue weighted by molar-refractivity contribution is 0.0674. The van der Waals surface area contributed by atoms with E-state index in [4.69, 9.17) is 14.2 Å². The third-order valence-corrected chi connectivity index (χ3v) is 5.23. The second-order valence-electron chi connectivity index (χ2n) is 8.48. The summed E-state index contributed by atoms with van der Waals surface area (Å²) >= 11 is 0. The third-order valence-electron chi connectivity index (χ3n) is 5.23. The molecule has 0 aliphatic carbocycles. The van der Waals surface area contributed by atoms with Crippen molar-refractivity contribution in [2.75, 3.05) is 27.4 Å². The summed E-state index contributed by atoms with van der Waals surface area (Å²) in [4.78, 5) is 2.42. The topological polar surface area (TPSA) is 59.6 Å². The lowest BCUT2D eigenvalue weighted by Crippen LogP contribution is -2.32. The van der Waals surface area contributed by atoms with Gasteiger partial charge in [-0.25, -0.2) is 0 Å². The summed E-state index contributed by atoms with van der Waals surface area (Å²) in [5.41, 5.74) is 3.55. The highest BCUT2D eigenvalue weighted by molar-refractivity contribution is 5.46. The van der Waals surface area contributed by atoms with E-state index in [1.807, 2.05) is 18.3 Å². The number of ether oxygens (including phenoxy) is 3. The van der Waals surface area contributed by atoms with Crippen LogP contribution in [-0.2, 0) is 23.2 Å². The van der Waals surface area contributed by atoms with Gasteiger partial charge in [-0.3, -0.25) is 10.00 Å². The van der Waals surface area contributed by atoms with Gasteiger partial charge in [0.25, 0.3) is 0 Å². The predicted molar refractivity (Wildman–Crippen MR) is 110 cm³/mol. The van der Waals surface area contributed by atoms with Gasteiger partial charge >= 0.3 is 0 Å². The Kier molecular flexibility index (Phi) is 6.62. The minimum Gasteiger partial charge on any atom is -0.493 e. The second-order valence-corrected chi connectivity index (χ2v) is 8.48. The molecule has 28 heavy (non-hydrogen) atoms. The molecule has 1 atom stereocenters. The first-order valence-electron chi connectivity index (χ1n) is 9.99. The summed E-state index contributed by atoms with van der Waals surface area (Å²) in [6.45, 7) is 9.94. The van der Waals surface area contributed by atoms with E-state index < -0.39 is 0 Å². The van der Waals surface area contributed by atoms with Gasteiger partial charge in [-0.05, 0) is 18.9 Å². The molecule has 1 aliphatic heterocycles. The molecule has 1 aromatic carbocycles. The SMILES string of the molecule is COc1cccc(CN(Cc2cn[nH]c2C(C)(C)C)CC2CCCO2)c1OC. The van der Waals surface area contributed by atoms with Crippen LogP contribution in [0.2, 0.25) is 0 Å². The van der Waals surface area contributed by atoms with Crippen LogP contribution in [0.25, 0.3) is 0 Å². The summed E-state index contributed by atoms with van der Waals surface area (Å²) in [7, 11) is 3.37. The molecular weight excluding hydrogens is 354 g/mol. The van der Waals surface area contributed by atoms with Crippen LogP contribution in [0.5, 0.6) is 11.5 Å². The number of methoxy groups -OCH3 is 2. The minimum absolute atomic E-state index is 0.0228. The van der Waals surface area contributed by atoms with Crippen molar-refractivity contribution in [2.24, 2.45) is 0 Å². The number of para-hydroxylation sites is 1. The Morgan fingerprint density at radius 2 is 1.96 bits per heavy atom. The standard InChI is InChI=1S/C22H33N3O3/c1-22(2,3)21-17(12-23-24-21)14-25(15-18-9-7-11-28-18)13-16-8-6-10-19(26-4)20(16)27-5/h6,8,10,12,18H,7,9,11,13-15H2,1-5H3,(H,23,24). The first-order chi connectivity index (χ1) is 13.4. The Balaban J connectivity index is 1.85. The number of nitrogens with zero attached hydrogens (tertiary/aromatic N) is 2. The van der Waals surface area contributed by atoms with Gasteiger partial charge in [0.1, 0.15) is 0 Å². The number of rotatable bonds is 8. The van der Waals surface area contributed by atoms with E-state index in [0.717, 1.165) is 56.1 Å². The fraction of sp³-hybridized carbons (Fsp3) is 0.591. The van der Waals surface area contributed by atoms with Crippen LogP contribution in [0.15, 0.2) is 24.4 Å². The fourth-order valence-electron chi connectivity index (χ4n) is 3.90. The average Bonchev–Trinajstić information content (AvgIpc) is 3.33. The first-order valence-corrected chi connectivity index (χ1v) is 9.99. The van der Waals surface area contributed by atoms with Crippen molar-refractivity contribution in [3.63, 3.8) is 0 Å². The molecule has 0 saturated carbocycles. The van der Waals surface area contributed by atoms with Gasteiger partial charge in [0.05, 0.1) is 26.5 Å². The molecule has 154 valence electrons. The summed E-state index contributed by atoms with van der Waals surface area (Å²) in [6.07, 6.45) is 4.48. The summed E-state index contributed by atoms with van der Waals surface area (Å²) in [5, 5.41) is 7.51. The van der Waals surface area contributed by atoms with Crippen LogP contribution < -0.4 is 9.47 Å². The monoisotopic (exact) mass is 387 g/mol. The van der Waals surface area contributed by atoms with Crippen LogP contribution >= 0.6 is 0 Å². The average molecular weight is 388 g/mol. The molecule has 2 aromatic rings. The van der Waals surface area contributed by atoms with Gasteiger partial charge in [-0.15, -0.1) is 0 Å². The molecule has 0 bridgehead atoms. The van der Waals surface area contributed by atoms with Crippen LogP contribution in [-0.4, -0.2) is 48.6 Å². The number of aromatic nitrogens is 2. The molecule has 1 saturated heterocycles. The van der Waals surface area contributed by atoms with E-state index in [-0.39, 0.29) is 11.5 Å². The highest BCUT2D eigenvalue weighted by atomic mass is 16.5. The molecule has 0 radical (unpaired) electrons. The maximum Gasteiger partial charge on any atom is 0.165 e. The van der Waals surface area contributed by atoms with Gasteiger partial charge in [0, 0.05) is 48.5 Å². The number of hydrogen-bond donors (Lipinski definition) is 1. The largest absolute Gasteiger partial charge is 0.493 e. The number of H-pyrrole nitrogens is 1. The quantitative estimate of drug-likeness (QED) is 0.744. The van der Waals surface area contributed by atoms with Gasteiger partial charge in [0.15, 0.2) is 11.5 Å². The smallest absolute Gasteiger partial charge is 0.165 e. The van der Waals surface area contributed by atoms with Gasteiger partial charge in [-0.2, -0.15) is 5.10 Å². The number of benzene rings is 1. The van der Waals surface area contributed by atoms with Crippen molar-refractivity contribution in [3.8, 4) is 11.5 Å². The molecule has 6 nitrogen and oxygen atoms in total. The Hall–Kier alpha value is -2.05. The van der Waals surface area contributed by atoms with Crippen molar-refractivity contribution in [3.05, 3.63) is 41.2 Å². The number of hydrogen-bond acceptors (Lipinski definition) is 5. The van der Waals surface area contributed by atoms with E-state index in [9.17, 15) is 0 Å². The Labute approximate surface area is 168 Å². The lowest BCUT2D eigenvalue weighted by atomic mass is 9.89. The van der Waals surface area contributed by atoms with Crippen LogP contribution in [0.4, 0.5) is 0 Å². The minimum atomic E-state index is 0.0228. The Morgan fingerprint density at radius 3 is 2.61 bits per heavy atom. The van der Waals surface area contributed by atoms with Crippen LogP contribution in [0, 0.1) is 0 Å². The zero-order chi connectivity index (χ0) is 20.1. The second kappa shape index (κ2) is 8.97. The third kappa shape index (κ3) is 4.86. The zero-order valence-corrected chi connectivity index (χ0v) is 17.7. The molecule has 0 spiro atoms. The maximum absolute atomic E-state index is 5.92. The van der Waals surface area contributed by atoms with Crippen molar-refractivity contribution >= 4 is 0 Å². The summed E-state index contributed by atoms with van der Waals surface area (Å²) in [5.74, 6) is 1.56. The number of aromatic amines is 1. The molecule has 6 heteroatoms. The molecule has 0 amide bonds. The van der Waals surface area contributed by atoms with Gasteiger partial charge in [-0.1, -0.05) is 32.9 Å². The van der Waals surface area contributed by atoms with E-state index >= 15 is 0 Å².